The monoisotopic (exact) mass is 457 g/mol. The molecule has 0 aliphatic rings. The van der Waals surface area contributed by atoms with Crippen molar-refractivity contribution in [2.45, 2.75) is 25.0 Å². The van der Waals surface area contributed by atoms with E-state index in [2.05, 4.69) is 14.7 Å². The molecule has 0 spiro atoms. The van der Waals surface area contributed by atoms with Crippen LogP contribution in [0, 0.1) is 6.92 Å². The normalized spacial score (nSPS) is 11.7. The van der Waals surface area contributed by atoms with Crippen molar-refractivity contribution in [2.75, 3.05) is 6.26 Å². The number of halogens is 3. The summed E-state index contributed by atoms with van der Waals surface area (Å²) in [5, 5.41) is 1.06. The van der Waals surface area contributed by atoms with Crippen LogP contribution in [0.25, 0.3) is 22.2 Å². The van der Waals surface area contributed by atoms with Crippen molar-refractivity contribution < 1.29 is 17.9 Å². The van der Waals surface area contributed by atoms with Gasteiger partial charge in [0, 0.05) is 22.7 Å². The van der Waals surface area contributed by atoms with Crippen LogP contribution in [-0.2, 0) is 6.54 Å². The Balaban J connectivity index is 1.95. The van der Waals surface area contributed by atoms with Gasteiger partial charge >= 0.3 is 6.36 Å². The molecule has 4 rings (SSSR count). The van der Waals surface area contributed by atoms with Crippen molar-refractivity contribution in [2.24, 2.45) is 0 Å². The lowest BCUT2D eigenvalue weighted by Crippen LogP contribution is -2.25. The van der Waals surface area contributed by atoms with Gasteiger partial charge in [-0.25, -0.2) is 9.97 Å². The summed E-state index contributed by atoms with van der Waals surface area (Å²) in [6.45, 7) is 1.75. The largest absolute Gasteiger partial charge is 0.573 e. The van der Waals surface area contributed by atoms with Crippen molar-refractivity contribution >= 4 is 22.8 Å². The molecule has 0 N–H and O–H groups in total. The van der Waals surface area contributed by atoms with Crippen molar-refractivity contribution in [3.05, 3.63) is 82.3 Å². The smallest absolute Gasteiger partial charge is 0.405 e. The summed E-state index contributed by atoms with van der Waals surface area (Å²) in [7, 11) is 0. The number of hydrogen-bond acceptors (Lipinski definition) is 5. The highest BCUT2D eigenvalue weighted by molar-refractivity contribution is 7.98. The first-order valence-corrected chi connectivity index (χ1v) is 10.8. The predicted molar refractivity (Wildman–Crippen MR) is 118 cm³/mol. The highest BCUT2D eigenvalue weighted by Crippen LogP contribution is 2.29. The molecule has 2 aromatic heterocycles. The lowest BCUT2D eigenvalue weighted by molar-refractivity contribution is -0.274. The molecule has 0 amide bonds. The van der Waals surface area contributed by atoms with Gasteiger partial charge in [-0.3, -0.25) is 9.36 Å². The SMILES string of the molecule is CSc1ncc2cc(-c3ccccc3C)c(=O)n(Cc3ccccc3OC(F)(F)F)c2n1. The minimum atomic E-state index is -4.85. The Labute approximate surface area is 185 Å². The minimum Gasteiger partial charge on any atom is -0.405 e. The van der Waals surface area contributed by atoms with Gasteiger partial charge in [0.05, 0.1) is 6.54 Å². The second-order valence-electron chi connectivity index (χ2n) is 7.06. The third-order valence-corrected chi connectivity index (χ3v) is 5.51. The van der Waals surface area contributed by atoms with E-state index in [1.807, 2.05) is 31.2 Å². The molecule has 0 atom stereocenters. The third-order valence-electron chi connectivity index (χ3n) is 4.95. The van der Waals surface area contributed by atoms with Gasteiger partial charge in [-0.1, -0.05) is 54.2 Å². The molecule has 9 heteroatoms. The topological polar surface area (TPSA) is 57.0 Å². The van der Waals surface area contributed by atoms with E-state index < -0.39 is 6.36 Å². The van der Waals surface area contributed by atoms with Crippen LogP contribution in [0.2, 0.25) is 0 Å². The number of alkyl halides is 3. The number of thioether (sulfide) groups is 1. The molecular formula is C23H18F3N3O2S. The number of nitrogens with zero attached hydrogens (tertiary/aromatic N) is 3. The average Bonchev–Trinajstić information content (AvgIpc) is 2.76. The number of benzene rings is 2. The highest BCUT2D eigenvalue weighted by atomic mass is 32.2. The van der Waals surface area contributed by atoms with Gasteiger partial charge in [-0.15, -0.1) is 13.2 Å². The number of ether oxygens (including phenoxy) is 1. The fraction of sp³-hybridized carbons (Fsp3) is 0.174. The first kappa shape index (κ1) is 21.9. The highest BCUT2D eigenvalue weighted by Gasteiger charge is 2.32. The van der Waals surface area contributed by atoms with Gasteiger partial charge in [0.15, 0.2) is 5.16 Å². The van der Waals surface area contributed by atoms with E-state index in [1.54, 1.807) is 24.6 Å². The number of para-hydroxylation sites is 1. The lowest BCUT2D eigenvalue weighted by Gasteiger charge is -2.17. The van der Waals surface area contributed by atoms with Gasteiger partial charge in [-0.05, 0) is 36.4 Å². The molecule has 0 saturated heterocycles. The number of aryl methyl sites for hydroxylation is 1. The maximum Gasteiger partial charge on any atom is 0.573 e. The van der Waals surface area contributed by atoms with Crippen LogP contribution in [0.1, 0.15) is 11.1 Å². The number of pyridine rings is 1. The Hall–Kier alpha value is -3.33. The van der Waals surface area contributed by atoms with Gasteiger partial charge < -0.3 is 4.74 Å². The Kier molecular flexibility index (Phi) is 5.92. The van der Waals surface area contributed by atoms with Gasteiger partial charge in [0.2, 0.25) is 0 Å². The Bertz CT molecular complexity index is 1350. The predicted octanol–water partition coefficient (Wildman–Crippen LogP) is 5.44. The van der Waals surface area contributed by atoms with Crippen LogP contribution in [-0.4, -0.2) is 27.2 Å². The zero-order valence-corrected chi connectivity index (χ0v) is 18.0. The maximum absolute atomic E-state index is 13.6. The summed E-state index contributed by atoms with van der Waals surface area (Å²) in [5.41, 5.74) is 2.25. The van der Waals surface area contributed by atoms with E-state index in [4.69, 9.17) is 0 Å². The Morgan fingerprint density at radius 3 is 2.50 bits per heavy atom. The first-order valence-electron chi connectivity index (χ1n) is 9.61. The molecule has 0 unspecified atom stereocenters. The third kappa shape index (κ3) is 4.47. The second kappa shape index (κ2) is 8.66. The van der Waals surface area contributed by atoms with Crippen LogP contribution >= 0.6 is 11.8 Å². The molecule has 0 aliphatic carbocycles. The van der Waals surface area contributed by atoms with E-state index in [9.17, 15) is 18.0 Å². The fourth-order valence-electron chi connectivity index (χ4n) is 3.49. The Morgan fingerprint density at radius 1 is 1.06 bits per heavy atom. The summed E-state index contributed by atoms with van der Waals surface area (Å²) < 4.78 is 44.3. The first-order chi connectivity index (χ1) is 15.3. The number of fused-ring (bicyclic) bond motifs is 1. The maximum atomic E-state index is 13.6. The molecule has 4 aromatic rings. The molecule has 32 heavy (non-hydrogen) atoms. The van der Waals surface area contributed by atoms with E-state index in [0.29, 0.717) is 21.8 Å². The standard InChI is InChI=1S/C23H18F3N3O2S/c1-14-7-3-5-9-17(14)18-11-16-12-27-22(32-2)28-20(16)29(21(18)30)13-15-8-4-6-10-19(15)31-23(24,25)26/h3-12H,13H2,1-2H3. The van der Waals surface area contributed by atoms with Crippen molar-refractivity contribution in [1.29, 1.82) is 0 Å². The average molecular weight is 457 g/mol. The van der Waals surface area contributed by atoms with Crippen LogP contribution in [0.15, 0.2) is 70.7 Å². The molecule has 0 aliphatic heterocycles. The zero-order chi connectivity index (χ0) is 22.9. The minimum absolute atomic E-state index is 0.147. The van der Waals surface area contributed by atoms with E-state index >= 15 is 0 Å². The zero-order valence-electron chi connectivity index (χ0n) is 17.2. The van der Waals surface area contributed by atoms with Gasteiger partial charge in [0.25, 0.3) is 5.56 Å². The van der Waals surface area contributed by atoms with Crippen LogP contribution in [0.4, 0.5) is 13.2 Å². The summed E-state index contributed by atoms with van der Waals surface area (Å²) >= 11 is 1.31. The van der Waals surface area contributed by atoms with Gasteiger partial charge in [0.1, 0.15) is 11.4 Å². The summed E-state index contributed by atoms with van der Waals surface area (Å²) in [4.78, 5) is 22.3. The van der Waals surface area contributed by atoms with Crippen molar-refractivity contribution in [3.8, 4) is 16.9 Å². The van der Waals surface area contributed by atoms with Crippen molar-refractivity contribution in [3.63, 3.8) is 0 Å². The molecule has 2 heterocycles. The molecule has 2 aromatic carbocycles. The molecule has 0 saturated carbocycles. The van der Waals surface area contributed by atoms with E-state index in [0.717, 1.165) is 11.1 Å². The van der Waals surface area contributed by atoms with E-state index in [-0.39, 0.29) is 23.4 Å². The van der Waals surface area contributed by atoms with Crippen LogP contribution in [0.5, 0.6) is 5.75 Å². The molecule has 0 bridgehead atoms. The molecule has 164 valence electrons. The van der Waals surface area contributed by atoms with Gasteiger partial charge in [-0.2, -0.15) is 0 Å². The number of rotatable bonds is 5. The summed E-state index contributed by atoms with van der Waals surface area (Å²) in [6, 6.07) is 14.9. The molecule has 5 nitrogen and oxygen atoms in total. The van der Waals surface area contributed by atoms with E-state index in [1.165, 1.54) is 34.5 Å². The molecule has 0 radical (unpaired) electrons. The lowest BCUT2D eigenvalue weighted by atomic mass is 10.0. The molecular weight excluding hydrogens is 439 g/mol. The second-order valence-corrected chi connectivity index (χ2v) is 7.83. The van der Waals surface area contributed by atoms with Crippen molar-refractivity contribution in [1.82, 2.24) is 14.5 Å². The van der Waals surface area contributed by atoms with Crippen LogP contribution in [0.3, 0.4) is 0 Å². The number of hydrogen-bond donors (Lipinski definition) is 0. The quantitative estimate of drug-likeness (QED) is 0.295. The number of aromatic nitrogens is 3. The molecule has 0 fully saturated rings. The fourth-order valence-corrected chi connectivity index (χ4v) is 3.82. The Morgan fingerprint density at radius 2 is 1.78 bits per heavy atom. The summed E-state index contributed by atoms with van der Waals surface area (Å²) in [6.07, 6.45) is -1.43. The van der Waals surface area contributed by atoms with Crippen LogP contribution < -0.4 is 10.3 Å². The summed E-state index contributed by atoms with van der Waals surface area (Å²) in [5.74, 6) is -0.361.